The van der Waals surface area contributed by atoms with Crippen LogP contribution < -0.4 is 5.32 Å². The Morgan fingerprint density at radius 1 is 1.15 bits per heavy atom. The molecule has 0 bridgehead atoms. The zero-order chi connectivity index (χ0) is 28.2. The third-order valence-corrected chi connectivity index (χ3v) is 6.60. The Morgan fingerprint density at radius 2 is 1.90 bits per heavy atom. The second-order valence-electron chi connectivity index (χ2n) is 9.21. The SMILES string of the molecule is CCOC(=O)[C@@H]1C[C@](F)(COCCN=[N+]=[N-])CN1C(=O)CNC(=O)c1ccc2c(c1)-c1ccccc1C2(F)F. The van der Waals surface area contributed by atoms with Crippen molar-refractivity contribution in [3.8, 4) is 11.1 Å². The molecule has 2 aromatic rings. The highest BCUT2D eigenvalue weighted by molar-refractivity contribution is 5.99. The molecular weight excluding hydrogens is 519 g/mol. The van der Waals surface area contributed by atoms with Crippen LogP contribution in [0.1, 0.15) is 34.8 Å². The number of benzene rings is 2. The Kier molecular flexibility index (Phi) is 8.12. The number of esters is 1. The maximum absolute atomic E-state index is 15.5. The molecule has 39 heavy (non-hydrogen) atoms. The normalized spacial score (nSPS) is 20.5. The Balaban J connectivity index is 1.43. The minimum atomic E-state index is -3.19. The number of nitrogens with one attached hydrogen (secondary N) is 1. The monoisotopic (exact) mass is 545 g/mol. The number of azide groups is 1. The molecule has 13 heteroatoms. The first-order valence-electron chi connectivity index (χ1n) is 12.3. The van der Waals surface area contributed by atoms with Gasteiger partial charge in [0.2, 0.25) is 5.91 Å². The first kappa shape index (κ1) is 27.9. The topological polar surface area (TPSA) is 134 Å². The minimum Gasteiger partial charge on any atom is -0.464 e. The molecule has 1 fully saturated rings. The highest BCUT2D eigenvalue weighted by Crippen LogP contribution is 2.50. The van der Waals surface area contributed by atoms with E-state index in [-0.39, 0.29) is 48.4 Å². The van der Waals surface area contributed by atoms with Crippen molar-refractivity contribution in [2.75, 3.05) is 39.5 Å². The third kappa shape index (κ3) is 5.69. The number of fused-ring (bicyclic) bond motifs is 3. The number of hydrogen-bond donors (Lipinski definition) is 1. The van der Waals surface area contributed by atoms with E-state index < -0.39 is 55.1 Å². The number of carbonyl (C=O) groups is 3. The van der Waals surface area contributed by atoms with Crippen molar-refractivity contribution < 1.29 is 37.0 Å². The van der Waals surface area contributed by atoms with Crippen LogP contribution in [0.2, 0.25) is 0 Å². The van der Waals surface area contributed by atoms with Gasteiger partial charge in [-0.15, -0.1) is 0 Å². The van der Waals surface area contributed by atoms with Crippen LogP contribution in [0, 0.1) is 0 Å². The molecule has 2 aliphatic rings. The van der Waals surface area contributed by atoms with Gasteiger partial charge in [-0.1, -0.05) is 35.4 Å². The molecule has 206 valence electrons. The van der Waals surface area contributed by atoms with Gasteiger partial charge in [0.25, 0.3) is 11.8 Å². The van der Waals surface area contributed by atoms with Crippen LogP contribution in [0.3, 0.4) is 0 Å². The Labute approximate surface area is 221 Å². The number of alkyl halides is 3. The number of halogens is 3. The Morgan fingerprint density at radius 3 is 2.64 bits per heavy atom. The van der Waals surface area contributed by atoms with Gasteiger partial charge in [0, 0.05) is 34.6 Å². The van der Waals surface area contributed by atoms with E-state index in [2.05, 4.69) is 15.3 Å². The van der Waals surface area contributed by atoms with E-state index in [9.17, 15) is 23.2 Å². The van der Waals surface area contributed by atoms with Crippen LogP contribution in [-0.2, 0) is 25.0 Å². The quantitative estimate of drug-likeness (QED) is 0.160. The third-order valence-electron chi connectivity index (χ3n) is 6.60. The molecule has 0 aromatic heterocycles. The van der Waals surface area contributed by atoms with Gasteiger partial charge in [0.05, 0.1) is 32.9 Å². The molecule has 10 nitrogen and oxygen atoms in total. The fraction of sp³-hybridized carbons (Fsp3) is 0.423. The van der Waals surface area contributed by atoms with Gasteiger partial charge in [0.1, 0.15) is 6.04 Å². The largest absolute Gasteiger partial charge is 0.464 e. The lowest BCUT2D eigenvalue weighted by molar-refractivity contribution is -0.152. The zero-order valence-corrected chi connectivity index (χ0v) is 21.0. The summed E-state index contributed by atoms with van der Waals surface area (Å²) in [6, 6.07) is 8.57. The highest BCUT2D eigenvalue weighted by atomic mass is 19.3. The summed E-state index contributed by atoms with van der Waals surface area (Å²) in [4.78, 5) is 41.8. The van der Waals surface area contributed by atoms with Crippen molar-refractivity contribution >= 4 is 17.8 Å². The Hall–Kier alpha value is -4.09. The van der Waals surface area contributed by atoms with E-state index in [4.69, 9.17) is 15.0 Å². The summed E-state index contributed by atoms with van der Waals surface area (Å²) in [6.07, 6.45) is -0.370. The van der Waals surface area contributed by atoms with E-state index in [0.29, 0.717) is 5.56 Å². The van der Waals surface area contributed by atoms with E-state index in [1.807, 2.05) is 0 Å². The fourth-order valence-electron chi connectivity index (χ4n) is 4.84. The number of likely N-dealkylation sites (tertiary alicyclic amines) is 1. The lowest BCUT2D eigenvalue weighted by atomic mass is 10.0. The second-order valence-corrected chi connectivity index (χ2v) is 9.21. The van der Waals surface area contributed by atoms with Crippen LogP contribution in [-0.4, -0.2) is 73.8 Å². The van der Waals surface area contributed by atoms with Crippen molar-refractivity contribution in [2.45, 2.75) is 31.0 Å². The number of carbonyl (C=O) groups excluding carboxylic acids is 3. The predicted octanol–water partition coefficient (Wildman–Crippen LogP) is 3.74. The molecule has 2 atom stereocenters. The first-order valence-corrected chi connectivity index (χ1v) is 12.3. The van der Waals surface area contributed by atoms with Gasteiger partial charge in [-0.2, -0.15) is 8.78 Å². The molecule has 0 unspecified atom stereocenters. The highest BCUT2D eigenvalue weighted by Gasteiger charge is 2.50. The average molecular weight is 546 g/mol. The van der Waals surface area contributed by atoms with Crippen LogP contribution in [0.4, 0.5) is 13.2 Å². The molecule has 1 aliphatic heterocycles. The zero-order valence-electron chi connectivity index (χ0n) is 21.0. The van der Waals surface area contributed by atoms with Gasteiger partial charge in [-0.05, 0) is 35.7 Å². The van der Waals surface area contributed by atoms with Crippen LogP contribution >= 0.6 is 0 Å². The van der Waals surface area contributed by atoms with Crippen LogP contribution in [0.5, 0.6) is 0 Å². The summed E-state index contributed by atoms with van der Waals surface area (Å²) < 4.78 is 55.3. The maximum atomic E-state index is 15.5. The van der Waals surface area contributed by atoms with Crippen LogP contribution in [0.15, 0.2) is 47.6 Å². The fourth-order valence-corrected chi connectivity index (χ4v) is 4.84. The van der Waals surface area contributed by atoms with E-state index in [0.717, 1.165) is 4.90 Å². The van der Waals surface area contributed by atoms with Gasteiger partial charge >= 0.3 is 5.97 Å². The van der Waals surface area contributed by atoms with Crippen LogP contribution in [0.25, 0.3) is 21.6 Å². The first-order chi connectivity index (χ1) is 18.6. The molecular formula is C26H26F3N5O5. The molecule has 0 spiro atoms. The van der Waals surface area contributed by atoms with Crippen molar-refractivity contribution in [3.63, 3.8) is 0 Å². The molecule has 0 saturated carbocycles. The van der Waals surface area contributed by atoms with E-state index in [1.165, 1.54) is 30.3 Å². The number of rotatable bonds is 10. The number of nitrogens with zero attached hydrogens (tertiary/aromatic N) is 4. The standard InChI is InChI=1S/C26H26F3N5O5/c1-2-39-24(37)21-12-25(27,15-38-10-9-32-33-30)14-34(21)22(35)13-31-23(36)16-7-8-20-18(11-16)17-5-3-4-6-19(17)26(20,28)29/h3-8,11,21H,2,9-10,12-15H2,1H3,(H,31,36)/t21-,25+/m0/s1. The molecule has 2 aromatic carbocycles. The lowest BCUT2D eigenvalue weighted by Gasteiger charge is -2.23. The second kappa shape index (κ2) is 11.3. The van der Waals surface area contributed by atoms with Crippen molar-refractivity contribution in [1.82, 2.24) is 10.2 Å². The van der Waals surface area contributed by atoms with Gasteiger partial charge in [-0.25, -0.2) is 9.18 Å². The maximum Gasteiger partial charge on any atom is 0.328 e. The summed E-state index contributed by atoms with van der Waals surface area (Å²) in [5.74, 6) is -5.41. The molecule has 1 N–H and O–H groups in total. The minimum absolute atomic E-state index is 0.00547. The van der Waals surface area contributed by atoms with Gasteiger partial charge in [-0.3, -0.25) is 9.59 Å². The Bertz CT molecular complexity index is 1330. The van der Waals surface area contributed by atoms with E-state index >= 15 is 4.39 Å². The van der Waals surface area contributed by atoms with Crippen molar-refractivity contribution in [1.29, 1.82) is 0 Å². The number of hydrogen-bond acceptors (Lipinski definition) is 6. The lowest BCUT2D eigenvalue weighted by Crippen LogP contribution is -2.46. The predicted molar refractivity (Wildman–Crippen MR) is 133 cm³/mol. The molecule has 1 saturated heterocycles. The smallest absolute Gasteiger partial charge is 0.328 e. The summed E-state index contributed by atoms with van der Waals surface area (Å²) in [7, 11) is 0. The molecule has 0 radical (unpaired) electrons. The molecule has 1 heterocycles. The summed E-state index contributed by atoms with van der Waals surface area (Å²) in [5.41, 5.74) is 6.48. The van der Waals surface area contributed by atoms with Crippen molar-refractivity contribution in [3.05, 3.63) is 69.6 Å². The van der Waals surface area contributed by atoms with E-state index in [1.54, 1.807) is 19.1 Å². The summed E-state index contributed by atoms with van der Waals surface area (Å²) >= 11 is 0. The van der Waals surface area contributed by atoms with Gasteiger partial charge < -0.3 is 19.7 Å². The summed E-state index contributed by atoms with van der Waals surface area (Å²) in [5, 5.41) is 5.72. The molecule has 4 rings (SSSR count). The van der Waals surface area contributed by atoms with Gasteiger partial charge in [0.15, 0.2) is 5.67 Å². The molecule has 2 amide bonds. The number of ether oxygens (including phenoxy) is 2. The number of amides is 2. The molecule has 1 aliphatic carbocycles. The van der Waals surface area contributed by atoms with Crippen molar-refractivity contribution in [2.24, 2.45) is 5.11 Å². The summed E-state index contributed by atoms with van der Waals surface area (Å²) in [6.45, 7) is 0.0721. The average Bonchev–Trinajstić information content (AvgIpc) is 3.39.